The SMILES string of the molecule is O=Cc1cc(Cl)ccc1OCc1ccc2ccccc2c1. The average molecular weight is 297 g/mol. The Kier molecular flexibility index (Phi) is 3.89. The van der Waals surface area contributed by atoms with Gasteiger partial charge in [-0.25, -0.2) is 0 Å². The molecule has 3 aromatic rings. The van der Waals surface area contributed by atoms with E-state index in [1.165, 1.54) is 10.8 Å². The lowest BCUT2D eigenvalue weighted by Crippen LogP contribution is -1.98. The van der Waals surface area contributed by atoms with Crippen LogP contribution in [0.15, 0.2) is 60.7 Å². The van der Waals surface area contributed by atoms with Gasteiger partial charge in [-0.3, -0.25) is 4.79 Å². The van der Waals surface area contributed by atoms with Crippen molar-refractivity contribution in [2.45, 2.75) is 6.61 Å². The van der Waals surface area contributed by atoms with Crippen molar-refractivity contribution in [3.05, 3.63) is 76.8 Å². The summed E-state index contributed by atoms with van der Waals surface area (Å²) < 4.78 is 5.73. The molecule has 0 N–H and O–H groups in total. The minimum Gasteiger partial charge on any atom is -0.488 e. The van der Waals surface area contributed by atoms with Crippen LogP contribution in [-0.2, 0) is 6.61 Å². The number of benzene rings is 3. The van der Waals surface area contributed by atoms with Crippen molar-refractivity contribution in [3.8, 4) is 5.75 Å². The van der Waals surface area contributed by atoms with Crippen LogP contribution in [0.1, 0.15) is 15.9 Å². The van der Waals surface area contributed by atoms with Gasteiger partial charge in [-0.15, -0.1) is 0 Å². The first-order valence-electron chi connectivity index (χ1n) is 6.61. The second-order valence-electron chi connectivity index (χ2n) is 4.77. The van der Waals surface area contributed by atoms with Crippen LogP contribution in [0.2, 0.25) is 5.02 Å². The molecular weight excluding hydrogens is 284 g/mol. The minimum atomic E-state index is 0.410. The van der Waals surface area contributed by atoms with Crippen LogP contribution in [0.3, 0.4) is 0 Å². The largest absolute Gasteiger partial charge is 0.488 e. The molecule has 0 aromatic heterocycles. The highest BCUT2D eigenvalue weighted by Crippen LogP contribution is 2.23. The van der Waals surface area contributed by atoms with Crippen LogP contribution >= 0.6 is 11.6 Å². The van der Waals surface area contributed by atoms with Crippen molar-refractivity contribution < 1.29 is 9.53 Å². The van der Waals surface area contributed by atoms with Gasteiger partial charge < -0.3 is 4.74 Å². The van der Waals surface area contributed by atoms with E-state index in [9.17, 15) is 4.79 Å². The second-order valence-corrected chi connectivity index (χ2v) is 5.21. The van der Waals surface area contributed by atoms with E-state index in [4.69, 9.17) is 16.3 Å². The van der Waals surface area contributed by atoms with Gasteiger partial charge in [-0.05, 0) is 40.6 Å². The molecule has 21 heavy (non-hydrogen) atoms. The first-order valence-corrected chi connectivity index (χ1v) is 6.99. The third-order valence-electron chi connectivity index (χ3n) is 3.31. The summed E-state index contributed by atoms with van der Waals surface area (Å²) in [6, 6.07) is 19.4. The molecular formula is C18H13ClO2. The molecule has 0 saturated carbocycles. The Morgan fingerprint density at radius 2 is 1.76 bits per heavy atom. The van der Waals surface area contributed by atoms with Crippen molar-refractivity contribution in [2.75, 3.05) is 0 Å². The van der Waals surface area contributed by atoms with Gasteiger partial charge in [0.05, 0.1) is 5.56 Å². The summed E-state index contributed by atoms with van der Waals surface area (Å²) in [5.74, 6) is 0.544. The predicted molar refractivity (Wildman–Crippen MR) is 85.1 cm³/mol. The van der Waals surface area contributed by atoms with E-state index < -0.39 is 0 Å². The summed E-state index contributed by atoms with van der Waals surface area (Å²) in [5, 5.41) is 2.89. The summed E-state index contributed by atoms with van der Waals surface area (Å²) in [6.45, 7) is 0.410. The molecule has 0 atom stereocenters. The van der Waals surface area contributed by atoms with Crippen molar-refractivity contribution in [1.82, 2.24) is 0 Å². The highest BCUT2D eigenvalue weighted by molar-refractivity contribution is 6.30. The molecule has 0 saturated heterocycles. The normalized spacial score (nSPS) is 10.5. The maximum Gasteiger partial charge on any atom is 0.153 e. The van der Waals surface area contributed by atoms with Gasteiger partial charge in [-0.2, -0.15) is 0 Å². The standard InChI is InChI=1S/C18H13ClO2/c19-17-7-8-18(16(10-17)11-20)21-12-13-5-6-14-3-1-2-4-15(14)9-13/h1-11H,12H2. The number of aldehydes is 1. The zero-order valence-electron chi connectivity index (χ0n) is 11.3. The number of rotatable bonds is 4. The Balaban J connectivity index is 1.81. The molecule has 0 bridgehead atoms. The molecule has 0 aliphatic rings. The highest BCUT2D eigenvalue weighted by Gasteiger charge is 2.04. The Hall–Kier alpha value is -2.32. The molecule has 0 heterocycles. The fourth-order valence-corrected chi connectivity index (χ4v) is 2.41. The van der Waals surface area contributed by atoms with Gasteiger partial charge in [0.25, 0.3) is 0 Å². The fraction of sp³-hybridized carbons (Fsp3) is 0.0556. The third-order valence-corrected chi connectivity index (χ3v) is 3.54. The van der Waals surface area contributed by atoms with Crippen LogP contribution in [0, 0.1) is 0 Å². The van der Waals surface area contributed by atoms with E-state index in [0.717, 1.165) is 11.8 Å². The van der Waals surface area contributed by atoms with Crippen LogP contribution < -0.4 is 4.74 Å². The summed E-state index contributed by atoms with van der Waals surface area (Å²) in [4.78, 5) is 11.0. The molecule has 104 valence electrons. The molecule has 2 nitrogen and oxygen atoms in total. The maximum atomic E-state index is 11.0. The molecule has 3 aromatic carbocycles. The monoisotopic (exact) mass is 296 g/mol. The van der Waals surface area contributed by atoms with Gasteiger partial charge in [-0.1, -0.05) is 48.0 Å². The first-order chi connectivity index (χ1) is 10.3. The quantitative estimate of drug-likeness (QED) is 0.641. The number of ether oxygens (including phenoxy) is 1. The third kappa shape index (κ3) is 3.06. The van der Waals surface area contributed by atoms with Gasteiger partial charge in [0.2, 0.25) is 0 Å². The van der Waals surface area contributed by atoms with Gasteiger partial charge in [0.1, 0.15) is 12.4 Å². The van der Waals surface area contributed by atoms with Crippen molar-refractivity contribution in [2.24, 2.45) is 0 Å². The van der Waals surface area contributed by atoms with E-state index in [-0.39, 0.29) is 0 Å². The molecule has 0 radical (unpaired) electrons. The van der Waals surface area contributed by atoms with E-state index in [2.05, 4.69) is 24.3 Å². The molecule has 0 spiro atoms. The number of hydrogen-bond donors (Lipinski definition) is 0. The van der Waals surface area contributed by atoms with E-state index in [1.54, 1.807) is 18.2 Å². The van der Waals surface area contributed by atoms with E-state index >= 15 is 0 Å². The molecule has 3 rings (SSSR count). The lowest BCUT2D eigenvalue weighted by atomic mass is 10.1. The van der Waals surface area contributed by atoms with E-state index in [0.29, 0.717) is 22.9 Å². The molecule has 0 aliphatic heterocycles. The number of carbonyl (C=O) groups excluding carboxylic acids is 1. The van der Waals surface area contributed by atoms with Crippen LogP contribution in [0.25, 0.3) is 10.8 Å². The molecule has 0 aliphatic carbocycles. The lowest BCUT2D eigenvalue weighted by Gasteiger charge is -2.09. The van der Waals surface area contributed by atoms with Crippen LogP contribution in [0.4, 0.5) is 0 Å². The topological polar surface area (TPSA) is 26.3 Å². The number of hydrogen-bond acceptors (Lipinski definition) is 2. The maximum absolute atomic E-state index is 11.0. The van der Waals surface area contributed by atoms with Gasteiger partial charge in [0.15, 0.2) is 6.29 Å². The van der Waals surface area contributed by atoms with Crippen molar-refractivity contribution in [1.29, 1.82) is 0 Å². The zero-order chi connectivity index (χ0) is 14.7. The van der Waals surface area contributed by atoms with Crippen LogP contribution in [0.5, 0.6) is 5.75 Å². The summed E-state index contributed by atoms with van der Waals surface area (Å²) in [6.07, 6.45) is 0.752. The Labute approximate surface area is 127 Å². The van der Waals surface area contributed by atoms with E-state index in [1.807, 2.05) is 18.2 Å². The average Bonchev–Trinajstić information content (AvgIpc) is 2.53. The molecule has 0 amide bonds. The Bertz CT molecular complexity index is 796. The van der Waals surface area contributed by atoms with Crippen molar-refractivity contribution in [3.63, 3.8) is 0 Å². The van der Waals surface area contributed by atoms with Crippen molar-refractivity contribution >= 4 is 28.7 Å². The molecule has 0 fully saturated rings. The zero-order valence-corrected chi connectivity index (χ0v) is 12.0. The smallest absolute Gasteiger partial charge is 0.153 e. The minimum absolute atomic E-state index is 0.410. The number of carbonyl (C=O) groups is 1. The van der Waals surface area contributed by atoms with Crippen LogP contribution in [-0.4, -0.2) is 6.29 Å². The summed E-state index contributed by atoms with van der Waals surface area (Å²) in [7, 11) is 0. The second kappa shape index (κ2) is 5.98. The molecule has 0 unspecified atom stereocenters. The first kappa shape index (κ1) is 13.7. The predicted octanol–water partition coefficient (Wildman–Crippen LogP) is 4.88. The Morgan fingerprint density at radius 1 is 0.952 bits per heavy atom. The summed E-state index contributed by atoms with van der Waals surface area (Å²) in [5.41, 5.74) is 1.52. The number of fused-ring (bicyclic) bond motifs is 1. The summed E-state index contributed by atoms with van der Waals surface area (Å²) >= 11 is 5.86. The molecule has 3 heteroatoms. The fourth-order valence-electron chi connectivity index (χ4n) is 2.23. The number of halogens is 1. The highest BCUT2D eigenvalue weighted by atomic mass is 35.5. The lowest BCUT2D eigenvalue weighted by molar-refractivity contribution is 0.111. The van der Waals surface area contributed by atoms with Gasteiger partial charge in [0, 0.05) is 5.02 Å². The Morgan fingerprint density at radius 3 is 2.57 bits per heavy atom. The van der Waals surface area contributed by atoms with Gasteiger partial charge >= 0.3 is 0 Å².